The molecule has 1 aromatic carbocycles. The normalized spacial score (nSPS) is 10.6. The Morgan fingerprint density at radius 2 is 1.86 bits per heavy atom. The van der Waals surface area contributed by atoms with E-state index in [9.17, 15) is 27.2 Å². The molecule has 0 fully saturated rings. The lowest BCUT2D eigenvalue weighted by molar-refractivity contribution is -0.141. The van der Waals surface area contributed by atoms with Crippen LogP contribution >= 0.6 is 0 Å². The molecule has 0 amide bonds. The van der Waals surface area contributed by atoms with Crippen molar-refractivity contribution in [1.29, 1.82) is 0 Å². The van der Waals surface area contributed by atoms with E-state index in [0.29, 0.717) is 0 Å². The third-order valence-corrected chi connectivity index (χ3v) is 2.55. The average molecular weight is 322 g/mol. The molecule has 0 aliphatic heterocycles. The molecule has 0 aliphatic rings. The molecule has 0 bridgehead atoms. The molecular formula is C14H14F4O4. The number of rotatable bonds is 8. The second-order valence-electron chi connectivity index (χ2n) is 4.17. The van der Waals surface area contributed by atoms with E-state index >= 15 is 0 Å². The minimum Gasteiger partial charge on any atom is -0.490 e. The molecule has 0 heterocycles. The van der Waals surface area contributed by atoms with Crippen molar-refractivity contribution in [3.05, 3.63) is 29.3 Å². The van der Waals surface area contributed by atoms with Gasteiger partial charge in [0.1, 0.15) is 6.42 Å². The number of esters is 1. The molecule has 8 heteroatoms. The first-order chi connectivity index (χ1) is 10.4. The van der Waals surface area contributed by atoms with Crippen molar-refractivity contribution in [2.75, 3.05) is 13.2 Å². The number of carbonyl (C=O) groups is 2. The quantitative estimate of drug-likeness (QED) is 0.319. The van der Waals surface area contributed by atoms with Crippen LogP contribution in [0.15, 0.2) is 12.1 Å². The molecule has 0 saturated heterocycles. The third-order valence-electron chi connectivity index (χ3n) is 2.55. The molecule has 0 unspecified atom stereocenters. The van der Waals surface area contributed by atoms with Crippen molar-refractivity contribution < 1.29 is 36.6 Å². The van der Waals surface area contributed by atoms with Crippen molar-refractivity contribution in [1.82, 2.24) is 0 Å². The fraction of sp³-hybridized carbons (Fsp3) is 0.429. The zero-order valence-electron chi connectivity index (χ0n) is 11.7. The van der Waals surface area contributed by atoms with Crippen LogP contribution in [0.3, 0.4) is 0 Å². The number of halogens is 4. The Bertz CT molecular complexity index is 546. The Balaban J connectivity index is 2.80. The summed E-state index contributed by atoms with van der Waals surface area (Å²) >= 11 is 0. The summed E-state index contributed by atoms with van der Waals surface area (Å²) < 4.78 is 60.5. The molecule has 122 valence electrons. The molecule has 1 rings (SSSR count). The highest BCUT2D eigenvalue weighted by Gasteiger charge is 2.22. The summed E-state index contributed by atoms with van der Waals surface area (Å²) in [6.07, 6.45) is -3.99. The Labute approximate surface area is 124 Å². The van der Waals surface area contributed by atoms with Gasteiger partial charge in [0.2, 0.25) is 12.2 Å². The lowest BCUT2D eigenvalue weighted by Gasteiger charge is -2.09. The van der Waals surface area contributed by atoms with Crippen molar-refractivity contribution >= 4 is 11.8 Å². The first-order valence-electron chi connectivity index (χ1n) is 6.44. The SMILES string of the molecule is CCOC(=O)CC(=O)c1ccc(OCCC(F)F)c(F)c1F. The van der Waals surface area contributed by atoms with Gasteiger partial charge in [-0.15, -0.1) is 0 Å². The minimum atomic E-state index is -2.63. The molecule has 0 atom stereocenters. The van der Waals surface area contributed by atoms with Gasteiger partial charge in [-0.3, -0.25) is 9.59 Å². The summed E-state index contributed by atoms with van der Waals surface area (Å²) in [5.41, 5.74) is -0.633. The Kier molecular flexibility index (Phi) is 6.81. The van der Waals surface area contributed by atoms with Gasteiger partial charge in [0, 0.05) is 6.42 Å². The van der Waals surface area contributed by atoms with Crippen LogP contribution in [0.2, 0.25) is 0 Å². The molecule has 0 aromatic heterocycles. The third kappa shape index (κ3) is 5.01. The maximum Gasteiger partial charge on any atom is 0.313 e. The van der Waals surface area contributed by atoms with E-state index in [4.69, 9.17) is 0 Å². The first-order valence-corrected chi connectivity index (χ1v) is 6.44. The topological polar surface area (TPSA) is 52.6 Å². The van der Waals surface area contributed by atoms with Crippen LogP contribution < -0.4 is 4.74 Å². The summed E-state index contributed by atoms with van der Waals surface area (Å²) in [6.45, 7) is 1.10. The number of hydrogen-bond acceptors (Lipinski definition) is 4. The van der Waals surface area contributed by atoms with Crippen molar-refractivity contribution in [3.63, 3.8) is 0 Å². The molecule has 0 radical (unpaired) electrons. The second-order valence-corrected chi connectivity index (χ2v) is 4.17. The first kappa shape index (κ1) is 17.9. The van der Waals surface area contributed by atoms with Gasteiger partial charge >= 0.3 is 5.97 Å². The van der Waals surface area contributed by atoms with E-state index < -0.39 is 60.6 Å². The highest BCUT2D eigenvalue weighted by Crippen LogP contribution is 2.24. The number of alkyl halides is 2. The van der Waals surface area contributed by atoms with E-state index in [1.165, 1.54) is 6.92 Å². The summed E-state index contributed by atoms with van der Waals surface area (Å²) in [4.78, 5) is 22.8. The highest BCUT2D eigenvalue weighted by atomic mass is 19.3. The van der Waals surface area contributed by atoms with Gasteiger partial charge in [-0.1, -0.05) is 0 Å². The van der Waals surface area contributed by atoms with Gasteiger partial charge < -0.3 is 9.47 Å². The van der Waals surface area contributed by atoms with Gasteiger partial charge in [-0.25, -0.2) is 13.2 Å². The summed E-state index contributed by atoms with van der Waals surface area (Å²) in [5, 5.41) is 0. The van der Waals surface area contributed by atoms with E-state index in [-0.39, 0.29) is 6.61 Å². The van der Waals surface area contributed by atoms with Crippen LogP contribution in [-0.4, -0.2) is 31.4 Å². The predicted molar refractivity (Wildman–Crippen MR) is 68.1 cm³/mol. The number of benzene rings is 1. The van der Waals surface area contributed by atoms with Crippen LogP contribution in [0.25, 0.3) is 0 Å². The second kappa shape index (κ2) is 8.35. The molecule has 0 N–H and O–H groups in total. The summed E-state index contributed by atoms with van der Waals surface area (Å²) in [5.74, 6) is -5.35. The zero-order chi connectivity index (χ0) is 16.7. The molecule has 0 aliphatic carbocycles. The monoisotopic (exact) mass is 322 g/mol. The largest absolute Gasteiger partial charge is 0.490 e. The standard InChI is InChI=1S/C14H14F4O4/c1-2-21-12(20)7-9(19)8-3-4-10(14(18)13(8)17)22-6-5-11(15)16/h3-4,11H,2,5-7H2,1H3. The summed E-state index contributed by atoms with van der Waals surface area (Å²) in [7, 11) is 0. The maximum atomic E-state index is 13.8. The van der Waals surface area contributed by atoms with Crippen LogP contribution in [0.5, 0.6) is 5.75 Å². The van der Waals surface area contributed by atoms with Gasteiger partial charge in [0.25, 0.3) is 0 Å². The lowest BCUT2D eigenvalue weighted by atomic mass is 10.1. The Morgan fingerprint density at radius 3 is 2.45 bits per heavy atom. The summed E-state index contributed by atoms with van der Waals surface area (Å²) in [6, 6.07) is 1.87. The highest BCUT2D eigenvalue weighted by molar-refractivity contribution is 6.06. The van der Waals surface area contributed by atoms with Crippen LogP contribution in [0, 0.1) is 11.6 Å². The van der Waals surface area contributed by atoms with E-state index in [0.717, 1.165) is 12.1 Å². The number of hydrogen-bond donors (Lipinski definition) is 0. The number of Topliss-reactive ketones (excluding diaryl/α,β-unsaturated/α-hetero) is 1. The molecule has 22 heavy (non-hydrogen) atoms. The fourth-order valence-corrected chi connectivity index (χ4v) is 1.55. The van der Waals surface area contributed by atoms with Gasteiger partial charge in [0.15, 0.2) is 17.3 Å². The molecule has 4 nitrogen and oxygen atoms in total. The van der Waals surface area contributed by atoms with Crippen molar-refractivity contribution in [2.24, 2.45) is 0 Å². The van der Waals surface area contributed by atoms with Crippen LogP contribution in [-0.2, 0) is 9.53 Å². The van der Waals surface area contributed by atoms with Crippen molar-refractivity contribution in [2.45, 2.75) is 26.2 Å². The van der Waals surface area contributed by atoms with Crippen LogP contribution in [0.4, 0.5) is 17.6 Å². The lowest BCUT2D eigenvalue weighted by Crippen LogP contribution is -2.14. The molecule has 0 spiro atoms. The molecular weight excluding hydrogens is 308 g/mol. The predicted octanol–water partition coefficient (Wildman–Crippen LogP) is 3.13. The van der Waals surface area contributed by atoms with E-state index in [1.807, 2.05) is 0 Å². The Hall–Kier alpha value is -2.12. The Morgan fingerprint density at radius 1 is 1.18 bits per heavy atom. The smallest absolute Gasteiger partial charge is 0.313 e. The minimum absolute atomic E-state index is 0.0554. The molecule has 1 aromatic rings. The van der Waals surface area contributed by atoms with Crippen LogP contribution in [0.1, 0.15) is 30.1 Å². The number of ether oxygens (including phenoxy) is 2. The van der Waals surface area contributed by atoms with Crippen molar-refractivity contribution in [3.8, 4) is 5.75 Å². The fourth-order valence-electron chi connectivity index (χ4n) is 1.55. The number of ketones is 1. The molecule has 0 saturated carbocycles. The van der Waals surface area contributed by atoms with Gasteiger partial charge in [0.05, 0.1) is 18.8 Å². The average Bonchev–Trinajstić information content (AvgIpc) is 2.43. The van der Waals surface area contributed by atoms with E-state index in [1.54, 1.807) is 0 Å². The number of carbonyl (C=O) groups excluding carboxylic acids is 2. The van der Waals surface area contributed by atoms with Gasteiger partial charge in [-0.2, -0.15) is 4.39 Å². The van der Waals surface area contributed by atoms with E-state index in [2.05, 4.69) is 9.47 Å². The zero-order valence-corrected chi connectivity index (χ0v) is 11.7. The maximum absolute atomic E-state index is 13.8. The van der Waals surface area contributed by atoms with Gasteiger partial charge in [-0.05, 0) is 19.1 Å².